The predicted molar refractivity (Wildman–Crippen MR) is 120 cm³/mol. The van der Waals surface area contributed by atoms with Crippen LogP contribution in [0.4, 0.5) is 5.69 Å². The maximum Gasteiger partial charge on any atom is 0.227 e. The molecule has 1 aromatic carbocycles. The van der Waals surface area contributed by atoms with Crippen molar-refractivity contribution in [1.82, 2.24) is 24.5 Å². The summed E-state index contributed by atoms with van der Waals surface area (Å²) in [5.74, 6) is 1.33. The van der Waals surface area contributed by atoms with E-state index < -0.39 is 0 Å². The van der Waals surface area contributed by atoms with Crippen LogP contribution in [0.1, 0.15) is 18.0 Å². The Labute approximate surface area is 189 Å². The summed E-state index contributed by atoms with van der Waals surface area (Å²) < 4.78 is 13.0. The molecule has 1 N–H and O–H groups in total. The number of nitrogens with one attached hydrogen (secondary N) is 1. The molecule has 5 aromatic rings. The molecule has 0 bridgehead atoms. The van der Waals surface area contributed by atoms with Gasteiger partial charge in [-0.1, -0.05) is 17.3 Å². The number of amides is 1. The molecule has 4 heterocycles. The molecule has 164 valence electrons. The normalized spacial score (nSPS) is 10.9. The van der Waals surface area contributed by atoms with Gasteiger partial charge in [0.25, 0.3) is 0 Å². The van der Waals surface area contributed by atoms with Crippen LogP contribution < -0.4 is 10.1 Å². The number of nitrogens with zero attached hydrogens (tertiary/aromatic N) is 5. The SMILES string of the molecule is O=C(CCc1nc(-c2cccnc2)no1)Nc1cccc(OCc2cn3ccccc3n2)c1. The van der Waals surface area contributed by atoms with Gasteiger partial charge in [-0.3, -0.25) is 9.78 Å². The number of ether oxygens (including phenoxy) is 1. The van der Waals surface area contributed by atoms with Gasteiger partial charge in [0.05, 0.1) is 5.69 Å². The fourth-order valence-electron chi connectivity index (χ4n) is 3.29. The van der Waals surface area contributed by atoms with Crippen LogP contribution in [-0.4, -0.2) is 30.4 Å². The molecule has 0 radical (unpaired) electrons. The van der Waals surface area contributed by atoms with E-state index in [2.05, 4.69) is 25.4 Å². The maximum absolute atomic E-state index is 12.4. The Morgan fingerprint density at radius 3 is 2.94 bits per heavy atom. The fourth-order valence-corrected chi connectivity index (χ4v) is 3.29. The number of carbonyl (C=O) groups excluding carboxylic acids is 1. The number of rotatable bonds is 8. The Morgan fingerprint density at radius 2 is 2.06 bits per heavy atom. The molecule has 0 saturated carbocycles. The number of aryl methyl sites for hydroxylation is 1. The van der Waals surface area contributed by atoms with Crippen LogP contribution in [0.5, 0.6) is 5.75 Å². The molecule has 1 amide bonds. The number of anilines is 1. The van der Waals surface area contributed by atoms with E-state index in [1.807, 2.05) is 59.3 Å². The number of imidazole rings is 1. The van der Waals surface area contributed by atoms with Crippen molar-refractivity contribution in [2.75, 3.05) is 5.32 Å². The van der Waals surface area contributed by atoms with Crippen LogP contribution >= 0.6 is 0 Å². The van der Waals surface area contributed by atoms with Crippen molar-refractivity contribution >= 4 is 17.2 Å². The van der Waals surface area contributed by atoms with Crippen LogP contribution in [0.15, 0.2) is 83.9 Å². The summed E-state index contributed by atoms with van der Waals surface area (Å²) >= 11 is 0. The van der Waals surface area contributed by atoms with E-state index in [9.17, 15) is 4.79 Å². The molecule has 5 rings (SSSR count). The van der Waals surface area contributed by atoms with Gasteiger partial charge in [0.15, 0.2) is 0 Å². The van der Waals surface area contributed by atoms with Crippen LogP contribution in [0.2, 0.25) is 0 Å². The molecule has 0 atom stereocenters. The van der Waals surface area contributed by atoms with Crippen molar-refractivity contribution in [2.24, 2.45) is 0 Å². The summed E-state index contributed by atoms with van der Waals surface area (Å²) in [6, 6.07) is 16.7. The second-order valence-electron chi connectivity index (χ2n) is 7.32. The smallest absolute Gasteiger partial charge is 0.227 e. The Balaban J connectivity index is 1.14. The third kappa shape index (κ3) is 5.04. The third-order valence-corrected chi connectivity index (χ3v) is 4.87. The molecule has 9 heteroatoms. The molecule has 0 aliphatic rings. The van der Waals surface area contributed by atoms with Crippen molar-refractivity contribution in [1.29, 1.82) is 0 Å². The second kappa shape index (κ2) is 9.31. The lowest BCUT2D eigenvalue weighted by Gasteiger charge is -2.08. The number of aromatic nitrogens is 5. The molecule has 0 fully saturated rings. The third-order valence-electron chi connectivity index (χ3n) is 4.87. The molecule has 0 saturated heterocycles. The average Bonchev–Trinajstić information content (AvgIpc) is 3.49. The van der Waals surface area contributed by atoms with Gasteiger partial charge in [-0.25, -0.2) is 4.98 Å². The number of carbonyl (C=O) groups is 1. The van der Waals surface area contributed by atoms with E-state index in [4.69, 9.17) is 9.26 Å². The molecule has 33 heavy (non-hydrogen) atoms. The topological polar surface area (TPSA) is 107 Å². The largest absolute Gasteiger partial charge is 0.487 e. The van der Waals surface area contributed by atoms with Crippen LogP contribution in [0, 0.1) is 0 Å². The lowest BCUT2D eigenvalue weighted by molar-refractivity contribution is -0.116. The highest BCUT2D eigenvalue weighted by atomic mass is 16.5. The molecule has 0 aliphatic carbocycles. The van der Waals surface area contributed by atoms with Gasteiger partial charge in [-0.05, 0) is 36.4 Å². The fraction of sp³-hybridized carbons (Fsp3) is 0.125. The molecule has 9 nitrogen and oxygen atoms in total. The van der Waals surface area contributed by atoms with Crippen molar-refractivity contribution in [2.45, 2.75) is 19.4 Å². The van der Waals surface area contributed by atoms with Crippen molar-refractivity contribution in [3.05, 3.63) is 91.0 Å². The number of hydrogen-bond donors (Lipinski definition) is 1. The van der Waals surface area contributed by atoms with Gasteiger partial charge in [-0.2, -0.15) is 4.98 Å². The molecule has 4 aromatic heterocycles. The highest BCUT2D eigenvalue weighted by molar-refractivity contribution is 5.90. The van der Waals surface area contributed by atoms with Gasteiger partial charge >= 0.3 is 0 Å². The number of pyridine rings is 2. The lowest BCUT2D eigenvalue weighted by Crippen LogP contribution is -2.12. The van der Waals surface area contributed by atoms with Crippen molar-refractivity contribution in [3.63, 3.8) is 0 Å². The number of fused-ring (bicyclic) bond motifs is 1. The van der Waals surface area contributed by atoms with Gasteiger partial charge in [0.1, 0.15) is 18.0 Å². The summed E-state index contributed by atoms with van der Waals surface area (Å²) in [6.07, 6.45) is 7.75. The number of benzene rings is 1. The zero-order valence-corrected chi connectivity index (χ0v) is 17.6. The molecular formula is C24H20N6O3. The van der Waals surface area contributed by atoms with Gasteiger partial charge in [0.2, 0.25) is 17.6 Å². The first-order valence-corrected chi connectivity index (χ1v) is 10.4. The van der Waals surface area contributed by atoms with Gasteiger partial charge < -0.3 is 19.0 Å². The second-order valence-corrected chi connectivity index (χ2v) is 7.32. The quantitative estimate of drug-likeness (QED) is 0.389. The predicted octanol–water partition coefficient (Wildman–Crippen LogP) is 3.93. The summed E-state index contributed by atoms with van der Waals surface area (Å²) in [4.78, 5) is 25.3. The van der Waals surface area contributed by atoms with E-state index in [-0.39, 0.29) is 12.3 Å². The van der Waals surface area contributed by atoms with E-state index in [0.29, 0.717) is 36.2 Å². The molecular weight excluding hydrogens is 420 g/mol. The van der Waals surface area contributed by atoms with Crippen molar-refractivity contribution in [3.8, 4) is 17.1 Å². The Bertz CT molecular complexity index is 1350. The maximum atomic E-state index is 12.4. The van der Waals surface area contributed by atoms with E-state index in [1.54, 1.807) is 24.5 Å². The minimum atomic E-state index is -0.159. The zero-order chi connectivity index (χ0) is 22.5. The summed E-state index contributed by atoms with van der Waals surface area (Å²) in [5.41, 5.74) is 3.10. The summed E-state index contributed by atoms with van der Waals surface area (Å²) in [5, 5.41) is 6.81. The summed E-state index contributed by atoms with van der Waals surface area (Å²) in [7, 11) is 0. The number of hydrogen-bond acceptors (Lipinski definition) is 7. The first kappa shape index (κ1) is 20.4. The average molecular weight is 440 g/mol. The molecule has 0 aliphatic heterocycles. The molecule has 0 spiro atoms. The Kier molecular flexibility index (Phi) is 5.75. The first-order valence-electron chi connectivity index (χ1n) is 10.4. The van der Waals surface area contributed by atoms with Crippen molar-refractivity contribution < 1.29 is 14.1 Å². The summed E-state index contributed by atoms with van der Waals surface area (Å²) in [6.45, 7) is 0.329. The Morgan fingerprint density at radius 1 is 1.09 bits per heavy atom. The standard InChI is InChI=1S/C24H20N6O3/c31-22(9-10-23-28-24(29-33-23)17-5-4-11-25-14-17)27-18-6-3-7-20(13-18)32-16-19-15-30-12-2-1-8-21(30)26-19/h1-8,11-15H,9-10,16H2,(H,27,31). The van der Waals surface area contributed by atoms with E-state index in [1.165, 1.54) is 0 Å². The van der Waals surface area contributed by atoms with Crippen LogP contribution in [0.3, 0.4) is 0 Å². The van der Waals surface area contributed by atoms with Gasteiger partial charge in [0, 0.05) is 54.9 Å². The minimum absolute atomic E-state index is 0.159. The van der Waals surface area contributed by atoms with E-state index in [0.717, 1.165) is 16.9 Å². The van der Waals surface area contributed by atoms with Gasteiger partial charge in [-0.15, -0.1) is 0 Å². The monoisotopic (exact) mass is 440 g/mol. The highest BCUT2D eigenvalue weighted by Crippen LogP contribution is 2.19. The lowest BCUT2D eigenvalue weighted by atomic mass is 10.2. The Hall–Kier alpha value is -4.53. The molecule has 0 unspecified atom stereocenters. The zero-order valence-electron chi connectivity index (χ0n) is 17.6. The van der Waals surface area contributed by atoms with Crippen LogP contribution in [0.25, 0.3) is 17.0 Å². The highest BCUT2D eigenvalue weighted by Gasteiger charge is 2.11. The van der Waals surface area contributed by atoms with Crippen LogP contribution in [-0.2, 0) is 17.8 Å². The van der Waals surface area contributed by atoms with E-state index >= 15 is 0 Å². The first-order chi connectivity index (χ1) is 16.2. The minimum Gasteiger partial charge on any atom is -0.487 e.